The van der Waals surface area contributed by atoms with Crippen LogP contribution in [0.5, 0.6) is 5.75 Å². The molecule has 20 heavy (non-hydrogen) atoms. The van der Waals surface area contributed by atoms with Crippen molar-refractivity contribution >= 4 is 33.3 Å². The lowest BCUT2D eigenvalue weighted by Gasteiger charge is -2.19. The summed E-state index contributed by atoms with van der Waals surface area (Å²) in [6.07, 6.45) is 6.14. The van der Waals surface area contributed by atoms with Crippen molar-refractivity contribution in [1.29, 1.82) is 0 Å². The number of ether oxygens (including phenoxy) is 1. The lowest BCUT2D eigenvalue weighted by atomic mass is 10.3. The van der Waals surface area contributed by atoms with Crippen molar-refractivity contribution in [2.24, 2.45) is 0 Å². The van der Waals surface area contributed by atoms with E-state index in [1.54, 1.807) is 24.7 Å². The number of aromatic nitrogens is 2. The molecular weight excluding hydrogens is 342 g/mol. The molecule has 0 aromatic carbocycles. The highest BCUT2D eigenvalue weighted by atomic mass is 79.9. The second-order valence-corrected chi connectivity index (χ2v) is 5.85. The second kappa shape index (κ2) is 5.97. The monoisotopic (exact) mass is 353 g/mol. The van der Waals surface area contributed by atoms with Crippen LogP contribution in [0.4, 0.5) is 5.82 Å². The molecule has 3 heterocycles. The molecule has 104 valence electrons. The molecule has 0 saturated carbocycles. The molecule has 1 fully saturated rings. The van der Waals surface area contributed by atoms with E-state index in [1.165, 1.54) is 0 Å². The molecule has 1 aliphatic rings. The van der Waals surface area contributed by atoms with E-state index in [-0.39, 0.29) is 6.10 Å². The average Bonchev–Trinajstić information content (AvgIpc) is 2.90. The van der Waals surface area contributed by atoms with Gasteiger partial charge in [-0.05, 0) is 28.1 Å². The third-order valence-electron chi connectivity index (χ3n) is 3.21. The van der Waals surface area contributed by atoms with E-state index in [0.717, 1.165) is 29.8 Å². The second-order valence-electron chi connectivity index (χ2n) is 4.59. The summed E-state index contributed by atoms with van der Waals surface area (Å²) in [4.78, 5) is 10.6. The molecule has 0 spiro atoms. The maximum atomic E-state index is 6.06. The minimum absolute atomic E-state index is 0.115. The lowest BCUT2D eigenvalue weighted by Crippen LogP contribution is -2.25. The largest absolute Gasteiger partial charge is 0.487 e. The Hall–Kier alpha value is -1.33. The lowest BCUT2D eigenvalue weighted by molar-refractivity contribution is 0.225. The summed E-state index contributed by atoms with van der Waals surface area (Å²) in [6, 6.07) is 5.70. The van der Waals surface area contributed by atoms with E-state index in [9.17, 15) is 0 Å². The standard InChI is InChI=1S/C14H13BrClN3O/c15-11-2-1-5-18-14(11)19-7-4-10(9-19)20-13-3-6-17-8-12(13)16/h1-3,5-6,8,10H,4,7,9H2. The summed E-state index contributed by atoms with van der Waals surface area (Å²) in [5.74, 6) is 1.65. The van der Waals surface area contributed by atoms with Crippen LogP contribution >= 0.6 is 27.5 Å². The number of pyridine rings is 2. The molecule has 0 aliphatic carbocycles. The van der Waals surface area contributed by atoms with Gasteiger partial charge < -0.3 is 9.64 Å². The van der Waals surface area contributed by atoms with Gasteiger partial charge in [-0.1, -0.05) is 11.6 Å². The summed E-state index contributed by atoms with van der Waals surface area (Å²) >= 11 is 9.59. The average molecular weight is 355 g/mol. The van der Waals surface area contributed by atoms with Crippen LogP contribution in [0.3, 0.4) is 0 Å². The van der Waals surface area contributed by atoms with Gasteiger partial charge in [-0.15, -0.1) is 0 Å². The summed E-state index contributed by atoms with van der Waals surface area (Å²) in [5, 5.41) is 0.546. The molecule has 0 N–H and O–H groups in total. The Bertz CT molecular complexity index is 610. The molecule has 2 aromatic rings. The normalized spacial score (nSPS) is 18.3. The van der Waals surface area contributed by atoms with Crippen LogP contribution in [0.25, 0.3) is 0 Å². The predicted octanol–water partition coefficient (Wildman–Crippen LogP) is 3.55. The fourth-order valence-corrected chi connectivity index (χ4v) is 2.93. The van der Waals surface area contributed by atoms with Gasteiger partial charge in [0, 0.05) is 37.6 Å². The van der Waals surface area contributed by atoms with Crippen LogP contribution in [-0.2, 0) is 0 Å². The van der Waals surface area contributed by atoms with E-state index in [0.29, 0.717) is 10.8 Å². The molecule has 3 rings (SSSR count). The minimum Gasteiger partial charge on any atom is -0.487 e. The first-order chi connectivity index (χ1) is 9.74. The summed E-state index contributed by atoms with van der Waals surface area (Å²) in [6.45, 7) is 1.72. The van der Waals surface area contributed by atoms with Crippen molar-refractivity contribution < 1.29 is 4.74 Å². The molecule has 0 amide bonds. The fourth-order valence-electron chi connectivity index (χ4n) is 2.26. The van der Waals surface area contributed by atoms with Crippen LogP contribution in [0.15, 0.2) is 41.3 Å². The van der Waals surface area contributed by atoms with Crippen molar-refractivity contribution in [2.45, 2.75) is 12.5 Å². The Morgan fingerprint density at radius 1 is 1.35 bits per heavy atom. The Morgan fingerprint density at radius 3 is 3.05 bits per heavy atom. The van der Waals surface area contributed by atoms with Crippen LogP contribution < -0.4 is 9.64 Å². The van der Waals surface area contributed by atoms with Crippen LogP contribution in [0.2, 0.25) is 5.02 Å². The van der Waals surface area contributed by atoms with Gasteiger partial charge in [-0.3, -0.25) is 4.98 Å². The van der Waals surface area contributed by atoms with E-state index in [4.69, 9.17) is 16.3 Å². The molecule has 1 unspecified atom stereocenters. The van der Waals surface area contributed by atoms with Crippen molar-refractivity contribution in [2.75, 3.05) is 18.0 Å². The molecule has 0 radical (unpaired) electrons. The van der Waals surface area contributed by atoms with E-state index < -0.39 is 0 Å². The Balaban J connectivity index is 1.69. The van der Waals surface area contributed by atoms with Gasteiger partial charge in [0.25, 0.3) is 0 Å². The highest BCUT2D eigenvalue weighted by molar-refractivity contribution is 9.10. The summed E-state index contributed by atoms with van der Waals surface area (Å²) in [7, 11) is 0. The quantitative estimate of drug-likeness (QED) is 0.845. The number of halogens is 2. The highest BCUT2D eigenvalue weighted by Gasteiger charge is 2.26. The molecule has 1 atom stereocenters. The number of anilines is 1. The van der Waals surface area contributed by atoms with Gasteiger partial charge in [-0.25, -0.2) is 4.98 Å². The van der Waals surface area contributed by atoms with Crippen LogP contribution in [-0.4, -0.2) is 29.2 Å². The topological polar surface area (TPSA) is 38.2 Å². The van der Waals surface area contributed by atoms with Gasteiger partial charge in [0.05, 0.1) is 11.0 Å². The minimum atomic E-state index is 0.115. The molecule has 2 aromatic heterocycles. The van der Waals surface area contributed by atoms with Crippen molar-refractivity contribution in [3.63, 3.8) is 0 Å². The summed E-state index contributed by atoms with van der Waals surface area (Å²) in [5.41, 5.74) is 0. The zero-order valence-corrected chi connectivity index (χ0v) is 13.0. The van der Waals surface area contributed by atoms with Gasteiger partial charge in [0.2, 0.25) is 0 Å². The SMILES string of the molecule is Clc1cnccc1OC1CCN(c2ncccc2Br)C1. The first kappa shape index (κ1) is 13.6. The number of rotatable bonds is 3. The van der Waals surface area contributed by atoms with Gasteiger partial charge >= 0.3 is 0 Å². The van der Waals surface area contributed by atoms with E-state index >= 15 is 0 Å². The molecule has 6 heteroatoms. The third kappa shape index (κ3) is 2.88. The smallest absolute Gasteiger partial charge is 0.142 e. The van der Waals surface area contributed by atoms with E-state index in [2.05, 4.69) is 30.8 Å². The predicted molar refractivity (Wildman–Crippen MR) is 82.4 cm³/mol. The Labute approximate surface area is 130 Å². The van der Waals surface area contributed by atoms with Gasteiger partial charge in [0.15, 0.2) is 0 Å². The fraction of sp³-hybridized carbons (Fsp3) is 0.286. The zero-order valence-electron chi connectivity index (χ0n) is 10.7. The maximum absolute atomic E-state index is 6.06. The van der Waals surface area contributed by atoms with Gasteiger partial charge in [0.1, 0.15) is 22.7 Å². The third-order valence-corrected chi connectivity index (χ3v) is 4.12. The Morgan fingerprint density at radius 2 is 2.25 bits per heavy atom. The highest BCUT2D eigenvalue weighted by Crippen LogP contribution is 2.29. The molecule has 0 bridgehead atoms. The number of hydrogen-bond donors (Lipinski definition) is 0. The van der Waals surface area contributed by atoms with Crippen LogP contribution in [0.1, 0.15) is 6.42 Å². The number of nitrogens with zero attached hydrogens (tertiary/aromatic N) is 3. The Kier molecular flexibility index (Phi) is 4.08. The first-order valence-corrected chi connectivity index (χ1v) is 7.53. The molecular formula is C14H13BrClN3O. The zero-order chi connectivity index (χ0) is 13.9. The molecule has 4 nitrogen and oxygen atoms in total. The van der Waals surface area contributed by atoms with Gasteiger partial charge in [-0.2, -0.15) is 0 Å². The van der Waals surface area contributed by atoms with Crippen molar-refractivity contribution in [3.05, 3.63) is 46.3 Å². The van der Waals surface area contributed by atoms with E-state index in [1.807, 2.05) is 12.1 Å². The summed E-state index contributed by atoms with van der Waals surface area (Å²) < 4.78 is 6.94. The van der Waals surface area contributed by atoms with Crippen molar-refractivity contribution in [1.82, 2.24) is 9.97 Å². The maximum Gasteiger partial charge on any atom is 0.142 e. The number of hydrogen-bond acceptors (Lipinski definition) is 4. The first-order valence-electron chi connectivity index (χ1n) is 6.35. The van der Waals surface area contributed by atoms with Crippen LogP contribution in [0, 0.1) is 0 Å². The molecule has 1 aliphatic heterocycles. The molecule has 1 saturated heterocycles. The van der Waals surface area contributed by atoms with Crippen molar-refractivity contribution in [3.8, 4) is 5.75 Å².